The molecule has 0 spiro atoms. The summed E-state index contributed by atoms with van der Waals surface area (Å²) in [6.07, 6.45) is 1.84. The maximum Gasteiger partial charge on any atom is 0.0570 e. The minimum atomic E-state index is 0.246. The summed E-state index contributed by atoms with van der Waals surface area (Å²) in [5.74, 6) is 0. The third-order valence-electron chi connectivity index (χ3n) is 3.11. The zero-order valence-electron chi connectivity index (χ0n) is 12.1. The molecule has 2 aromatic rings. The molecule has 0 aromatic carbocycles. The maximum atomic E-state index is 4.38. The molecule has 0 fully saturated rings. The summed E-state index contributed by atoms with van der Waals surface area (Å²) in [6.45, 7) is 9.82. The van der Waals surface area contributed by atoms with Gasteiger partial charge in [-0.05, 0) is 36.6 Å². The number of hydrogen-bond acceptors (Lipinski definition) is 3. The highest BCUT2D eigenvalue weighted by atomic mass is 32.1. The van der Waals surface area contributed by atoms with Crippen molar-refractivity contribution >= 4 is 11.3 Å². The van der Waals surface area contributed by atoms with E-state index in [-0.39, 0.29) is 11.5 Å². The number of hydrogen-bond donors (Lipinski definition) is 1. The Bertz CT molecular complexity index is 511. The van der Waals surface area contributed by atoms with E-state index in [2.05, 4.69) is 56.2 Å². The number of nitrogens with one attached hydrogen (secondary N) is 1. The third-order valence-corrected chi connectivity index (χ3v) is 4.63. The zero-order valence-corrected chi connectivity index (χ0v) is 12.9. The molecule has 0 aliphatic heterocycles. The van der Waals surface area contributed by atoms with Gasteiger partial charge in [-0.3, -0.25) is 4.98 Å². The molecule has 0 radical (unpaired) electrons. The van der Waals surface area contributed by atoms with Crippen LogP contribution in [0.5, 0.6) is 0 Å². The summed E-state index contributed by atoms with van der Waals surface area (Å²) in [6, 6.07) is 10.8. The predicted molar refractivity (Wildman–Crippen MR) is 82.5 cm³/mol. The molecule has 1 atom stereocenters. The number of aromatic nitrogens is 1. The summed E-state index contributed by atoms with van der Waals surface area (Å²) in [5, 5.41) is 3.53. The summed E-state index contributed by atoms with van der Waals surface area (Å²) in [5.41, 5.74) is 1.34. The topological polar surface area (TPSA) is 24.9 Å². The molecule has 0 bridgehead atoms. The fraction of sp³-hybridized carbons (Fsp3) is 0.438. The van der Waals surface area contributed by atoms with Crippen molar-refractivity contribution in [3.8, 4) is 0 Å². The van der Waals surface area contributed by atoms with E-state index in [4.69, 9.17) is 0 Å². The predicted octanol–water partition coefficient (Wildman–Crippen LogP) is 4.29. The molecule has 19 heavy (non-hydrogen) atoms. The monoisotopic (exact) mass is 274 g/mol. The van der Waals surface area contributed by atoms with Gasteiger partial charge in [-0.2, -0.15) is 0 Å². The first-order valence-electron chi connectivity index (χ1n) is 6.70. The molecule has 3 heteroatoms. The molecule has 0 saturated carbocycles. The quantitative estimate of drug-likeness (QED) is 0.899. The van der Waals surface area contributed by atoms with Crippen LogP contribution in [0.1, 0.15) is 49.2 Å². The number of nitrogens with zero attached hydrogens (tertiary/aromatic N) is 1. The molecule has 0 aliphatic rings. The molecule has 0 amide bonds. The van der Waals surface area contributed by atoms with Crippen molar-refractivity contribution in [1.82, 2.24) is 10.3 Å². The van der Waals surface area contributed by atoms with Crippen LogP contribution in [0.4, 0.5) is 0 Å². The second-order valence-electron chi connectivity index (χ2n) is 5.87. The first-order valence-corrected chi connectivity index (χ1v) is 7.52. The van der Waals surface area contributed by atoms with Crippen molar-refractivity contribution in [2.24, 2.45) is 0 Å². The lowest BCUT2D eigenvalue weighted by atomic mass is 9.95. The Hall–Kier alpha value is -1.19. The largest absolute Gasteiger partial charge is 0.304 e. The molecule has 1 N–H and O–H groups in total. The molecule has 2 nitrogen and oxygen atoms in total. The van der Waals surface area contributed by atoms with Gasteiger partial charge in [-0.15, -0.1) is 11.3 Å². The van der Waals surface area contributed by atoms with Crippen molar-refractivity contribution in [2.75, 3.05) is 0 Å². The van der Waals surface area contributed by atoms with Gasteiger partial charge in [0.1, 0.15) is 0 Å². The van der Waals surface area contributed by atoms with E-state index in [1.54, 1.807) is 0 Å². The number of thiophene rings is 1. The van der Waals surface area contributed by atoms with Crippen molar-refractivity contribution < 1.29 is 0 Å². The fourth-order valence-corrected chi connectivity index (χ4v) is 2.88. The molecule has 0 unspecified atom stereocenters. The van der Waals surface area contributed by atoms with Crippen LogP contribution in [0, 0.1) is 0 Å². The third kappa shape index (κ3) is 3.88. The van der Waals surface area contributed by atoms with Gasteiger partial charge in [-0.1, -0.05) is 26.8 Å². The first-order chi connectivity index (χ1) is 8.97. The van der Waals surface area contributed by atoms with Crippen LogP contribution in [0.3, 0.4) is 0 Å². The summed E-state index contributed by atoms with van der Waals surface area (Å²) >= 11 is 1.89. The van der Waals surface area contributed by atoms with Gasteiger partial charge < -0.3 is 5.32 Å². The molecular formula is C16H22N2S. The lowest BCUT2D eigenvalue weighted by Gasteiger charge is -2.15. The van der Waals surface area contributed by atoms with E-state index in [9.17, 15) is 0 Å². The standard InChI is InChI=1S/C16H22N2S/c1-12(14-7-5-6-10-17-14)18-11-13-8-9-15(19-13)16(2,3)4/h5-10,12,18H,11H2,1-4H3/t12-/m0/s1. The minimum absolute atomic E-state index is 0.246. The molecule has 102 valence electrons. The van der Waals surface area contributed by atoms with Gasteiger partial charge in [0.15, 0.2) is 0 Å². The lowest BCUT2D eigenvalue weighted by molar-refractivity contribution is 0.565. The van der Waals surface area contributed by atoms with Gasteiger partial charge >= 0.3 is 0 Å². The molecule has 2 heterocycles. The summed E-state index contributed by atoms with van der Waals surface area (Å²) < 4.78 is 0. The Kier molecular flexibility index (Phi) is 4.38. The normalized spacial score (nSPS) is 13.5. The van der Waals surface area contributed by atoms with E-state index in [0.717, 1.165) is 12.2 Å². The van der Waals surface area contributed by atoms with Crippen molar-refractivity contribution in [2.45, 2.75) is 45.7 Å². The second-order valence-corrected chi connectivity index (χ2v) is 7.04. The van der Waals surface area contributed by atoms with Crippen molar-refractivity contribution in [1.29, 1.82) is 0 Å². The van der Waals surface area contributed by atoms with E-state index >= 15 is 0 Å². The van der Waals surface area contributed by atoms with Crippen LogP contribution >= 0.6 is 11.3 Å². The maximum absolute atomic E-state index is 4.38. The van der Waals surface area contributed by atoms with Gasteiger partial charge in [-0.25, -0.2) is 0 Å². The molecule has 0 aliphatic carbocycles. The summed E-state index contributed by atoms with van der Waals surface area (Å²) in [4.78, 5) is 7.20. The second kappa shape index (κ2) is 5.85. The van der Waals surface area contributed by atoms with Crippen LogP contribution in [0.15, 0.2) is 36.5 Å². The molecule has 0 saturated heterocycles. The molecule has 2 aromatic heterocycles. The van der Waals surface area contributed by atoms with Crippen molar-refractivity contribution in [3.63, 3.8) is 0 Å². The van der Waals surface area contributed by atoms with E-state index in [1.165, 1.54) is 9.75 Å². The van der Waals surface area contributed by atoms with Gasteiger partial charge in [0.25, 0.3) is 0 Å². The van der Waals surface area contributed by atoms with Crippen LogP contribution in [0.2, 0.25) is 0 Å². The van der Waals surface area contributed by atoms with E-state index in [0.29, 0.717) is 0 Å². The van der Waals surface area contributed by atoms with Gasteiger partial charge in [0.05, 0.1) is 5.69 Å². The minimum Gasteiger partial charge on any atom is -0.304 e. The lowest BCUT2D eigenvalue weighted by Crippen LogP contribution is -2.18. The van der Waals surface area contributed by atoms with Gasteiger partial charge in [0.2, 0.25) is 0 Å². The van der Waals surface area contributed by atoms with Gasteiger partial charge in [0, 0.05) is 28.5 Å². The van der Waals surface area contributed by atoms with Crippen LogP contribution in [0.25, 0.3) is 0 Å². The summed E-state index contributed by atoms with van der Waals surface area (Å²) in [7, 11) is 0. The highest BCUT2D eigenvalue weighted by Gasteiger charge is 2.16. The van der Waals surface area contributed by atoms with Crippen LogP contribution in [-0.2, 0) is 12.0 Å². The Morgan fingerprint density at radius 1 is 1.21 bits per heavy atom. The molecular weight excluding hydrogens is 252 g/mol. The Balaban J connectivity index is 1.94. The fourth-order valence-electron chi connectivity index (χ4n) is 1.87. The zero-order chi connectivity index (χ0) is 13.9. The average Bonchev–Trinajstić information content (AvgIpc) is 2.86. The Labute approximate surface area is 119 Å². The molecule has 2 rings (SSSR count). The van der Waals surface area contributed by atoms with Crippen molar-refractivity contribution in [3.05, 3.63) is 52.0 Å². The van der Waals surface area contributed by atoms with Crippen LogP contribution in [-0.4, -0.2) is 4.98 Å². The average molecular weight is 274 g/mol. The number of rotatable bonds is 4. The highest BCUT2D eigenvalue weighted by molar-refractivity contribution is 7.12. The van der Waals surface area contributed by atoms with E-state index in [1.807, 2.05) is 29.7 Å². The van der Waals surface area contributed by atoms with Crippen LogP contribution < -0.4 is 5.32 Å². The first kappa shape index (κ1) is 14.2. The highest BCUT2D eigenvalue weighted by Crippen LogP contribution is 2.29. The van der Waals surface area contributed by atoms with E-state index < -0.39 is 0 Å². The Morgan fingerprint density at radius 3 is 2.58 bits per heavy atom. The SMILES string of the molecule is C[C@H](NCc1ccc(C(C)(C)C)s1)c1ccccn1. The number of pyridine rings is 1. The Morgan fingerprint density at radius 2 is 2.00 bits per heavy atom. The smallest absolute Gasteiger partial charge is 0.0570 e.